The second-order valence-corrected chi connectivity index (χ2v) is 5.46. The second-order valence-electron chi connectivity index (χ2n) is 5.46. The molecular formula is C15H21N3O3. The van der Waals surface area contributed by atoms with Gasteiger partial charge in [-0.3, -0.25) is 14.4 Å². The number of rotatable bonds is 4. The van der Waals surface area contributed by atoms with E-state index < -0.39 is 6.04 Å². The van der Waals surface area contributed by atoms with Crippen molar-refractivity contribution in [3.63, 3.8) is 0 Å². The number of nitrogens with one attached hydrogen (secondary N) is 2. The number of aromatic nitrogens is 1. The van der Waals surface area contributed by atoms with Gasteiger partial charge in [-0.05, 0) is 32.3 Å². The first-order valence-corrected chi connectivity index (χ1v) is 7.15. The van der Waals surface area contributed by atoms with E-state index in [1.807, 2.05) is 6.92 Å². The number of Topliss-reactive ketones (excluding diaryl/α,β-unsaturated/α-hetero) is 1. The maximum absolute atomic E-state index is 12.4. The molecule has 0 spiro atoms. The number of carbonyl (C=O) groups is 3. The maximum Gasteiger partial charge on any atom is 0.268 e. The van der Waals surface area contributed by atoms with Crippen LogP contribution in [0.1, 0.15) is 52.4 Å². The Morgan fingerprint density at radius 2 is 2.10 bits per heavy atom. The van der Waals surface area contributed by atoms with Crippen molar-refractivity contribution in [2.45, 2.75) is 39.7 Å². The third-order valence-corrected chi connectivity index (χ3v) is 3.96. The highest BCUT2D eigenvalue weighted by atomic mass is 16.2. The van der Waals surface area contributed by atoms with E-state index in [1.54, 1.807) is 18.9 Å². The number of likely N-dealkylation sites (tertiary alicyclic amines) is 1. The van der Waals surface area contributed by atoms with Crippen molar-refractivity contribution < 1.29 is 14.4 Å². The highest BCUT2D eigenvalue weighted by Crippen LogP contribution is 2.21. The van der Waals surface area contributed by atoms with Gasteiger partial charge in [-0.1, -0.05) is 6.92 Å². The zero-order chi connectivity index (χ0) is 15.7. The lowest BCUT2D eigenvalue weighted by molar-refractivity contribution is -0.128. The minimum Gasteiger partial charge on any atom is -0.354 e. The van der Waals surface area contributed by atoms with Crippen molar-refractivity contribution in [3.8, 4) is 0 Å². The monoisotopic (exact) mass is 291 g/mol. The molecule has 2 rings (SSSR count). The van der Waals surface area contributed by atoms with Crippen LogP contribution in [0.5, 0.6) is 0 Å². The second kappa shape index (κ2) is 5.71. The molecular weight excluding hydrogens is 270 g/mol. The summed E-state index contributed by atoms with van der Waals surface area (Å²) in [5.41, 5.74) is 2.38. The zero-order valence-electron chi connectivity index (χ0n) is 12.9. The molecule has 0 aromatic carbocycles. The summed E-state index contributed by atoms with van der Waals surface area (Å²) in [6.45, 7) is 5.82. The number of amides is 2. The fraction of sp³-hybridized carbons (Fsp3) is 0.533. The number of aromatic amines is 1. The van der Waals surface area contributed by atoms with Gasteiger partial charge in [-0.15, -0.1) is 0 Å². The molecule has 0 bridgehead atoms. The van der Waals surface area contributed by atoms with Crippen molar-refractivity contribution >= 4 is 17.6 Å². The molecule has 1 aliphatic heterocycles. The van der Waals surface area contributed by atoms with Crippen molar-refractivity contribution in [2.75, 3.05) is 13.6 Å². The molecule has 6 heteroatoms. The average Bonchev–Trinajstić information content (AvgIpc) is 2.92. The van der Waals surface area contributed by atoms with Gasteiger partial charge in [0.15, 0.2) is 5.78 Å². The van der Waals surface area contributed by atoms with Gasteiger partial charge in [-0.2, -0.15) is 0 Å². The first kappa shape index (κ1) is 15.3. The van der Waals surface area contributed by atoms with Crippen molar-refractivity contribution in [1.29, 1.82) is 0 Å². The number of ketones is 1. The van der Waals surface area contributed by atoms with Crippen LogP contribution in [0.15, 0.2) is 0 Å². The lowest BCUT2D eigenvalue weighted by Crippen LogP contribution is -2.41. The Morgan fingerprint density at radius 3 is 2.57 bits per heavy atom. The molecule has 6 nitrogen and oxygen atoms in total. The van der Waals surface area contributed by atoms with Crippen molar-refractivity contribution in [2.24, 2.45) is 0 Å². The number of aryl methyl sites for hydroxylation is 1. The van der Waals surface area contributed by atoms with Crippen molar-refractivity contribution in [3.05, 3.63) is 22.5 Å². The number of likely N-dealkylation sites (N-methyl/N-ethyl adjacent to an activating group) is 1. The highest BCUT2D eigenvalue weighted by Gasteiger charge is 2.31. The smallest absolute Gasteiger partial charge is 0.268 e. The molecule has 1 atom stereocenters. The van der Waals surface area contributed by atoms with Crippen LogP contribution >= 0.6 is 0 Å². The molecule has 2 heterocycles. The molecule has 0 saturated carbocycles. The Morgan fingerprint density at radius 1 is 1.43 bits per heavy atom. The summed E-state index contributed by atoms with van der Waals surface area (Å²) in [5.74, 6) is -0.455. The number of carbonyl (C=O) groups excluding carboxylic acids is 3. The first-order chi connectivity index (χ1) is 9.86. The third kappa shape index (κ3) is 2.70. The van der Waals surface area contributed by atoms with Gasteiger partial charge in [0.05, 0.1) is 0 Å². The molecule has 0 aliphatic carbocycles. The number of hydrogen-bond donors (Lipinski definition) is 2. The standard InChI is InChI=1S/C15H21N3O3/c1-5-10-12(9(3)19)8(2)16-13(10)14(20)17-11-6-7-18(4)15(11)21/h11,16H,5-7H2,1-4H3,(H,17,20)/t11-/m0/s1. The van der Waals surface area contributed by atoms with Gasteiger partial charge in [0.25, 0.3) is 5.91 Å². The quantitative estimate of drug-likeness (QED) is 0.813. The Labute approximate surface area is 123 Å². The van der Waals surface area contributed by atoms with Crippen LogP contribution < -0.4 is 5.32 Å². The van der Waals surface area contributed by atoms with E-state index in [9.17, 15) is 14.4 Å². The van der Waals surface area contributed by atoms with Gasteiger partial charge in [-0.25, -0.2) is 0 Å². The molecule has 2 amide bonds. The maximum atomic E-state index is 12.4. The summed E-state index contributed by atoms with van der Waals surface area (Å²) >= 11 is 0. The van der Waals surface area contributed by atoms with Gasteiger partial charge in [0.2, 0.25) is 5.91 Å². The summed E-state index contributed by atoms with van der Waals surface area (Å²) in [4.78, 5) is 40.6. The van der Waals surface area contributed by atoms with Crippen LogP contribution in [0, 0.1) is 6.92 Å². The normalized spacial score (nSPS) is 18.2. The van der Waals surface area contributed by atoms with E-state index in [2.05, 4.69) is 10.3 Å². The topological polar surface area (TPSA) is 82.3 Å². The molecule has 1 aliphatic rings. The largest absolute Gasteiger partial charge is 0.354 e. The highest BCUT2D eigenvalue weighted by molar-refractivity contribution is 6.03. The minimum absolute atomic E-state index is 0.0590. The Bertz CT molecular complexity index is 604. The van der Waals surface area contributed by atoms with E-state index in [0.717, 1.165) is 5.56 Å². The van der Waals surface area contributed by atoms with E-state index in [4.69, 9.17) is 0 Å². The fourth-order valence-electron chi connectivity index (χ4n) is 2.89. The molecule has 1 fully saturated rings. The van der Waals surface area contributed by atoms with Gasteiger partial charge in [0, 0.05) is 24.8 Å². The van der Waals surface area contributed by atoms with Gasteiger partial charge in [0.1, 0.15) is 11.7 Å². The van der Waals surface area contributed by atoms with Crippen LogP contribution in [0.25, 0.3) is 0 Å². The van der Waals surface area contributed by atoms with E-state index in [0.29, 0.717) is 36.3 Å². The lowest BCUT2D eigenvalue weighted by Gasteiger charge is -2.12. The van der Waals surface area contributed by atoms with Gasteiger partial charge >= 0.3 is 0 Å². The number of hydrogen-bond acceptors (Lipinski definition) is 3. The average molecular weight is 291 g/mol. The summed E-state index contributed by atoms with van der Waals surface area (Å²) < 4.78 is 0. The molecule has 0 radical (unpaired) electrons. The summed E-state index contributed by atoms with van der Waals surface area (Å²) in [7, 11) is 1.72. The fourth-order valence-corrected chi connectivity index (χ4v) is 2.89. The SMILES string of the molecule is CCc1c(C(=O)N[C@H]2CCN(C)C2=O)[nH]c(C)c1C(C)=O. The van der Waals surface area contributed by atoms with E-state index in [1.165, 1.54) is 6.92 Å². The predicted octanol–water partition coefficient (Wildman–Crippen LogP) is 1.05. The summed E-state index contributed by atoms with van der Waals surface area (Å²) in [5, 5.41) is 2.76. The summed E-state index contributed by atoms with van der Waals surface area (Å²) in [6.07, 6.45) is 1.20. The predicted molar refractivity (Wildman–Crippen MR) is 78.4 cm³/mol. The molecule has 21 heavy (non-hydrogen) atoms. The van der Waals surface area contributed by atoms with Crippen LogP contribution in [0.4, 0.5) is 0 Å². The Balaban J connectivity index is 2.26. The third-order valence-electron chi connectivity index (χ3n) is 3.96. The minimum atomic E-state index is -0.475. The van der Waals surface area contributed by atoms with Gasteiger partial charge < -0.3 is 15.2 Å². The number of H-pyrrole nitrogens is 1. The van der Waals surface area contributed by atoms with Crippen LogP contribution in [-0.4, -0.2) is 47.1 Å². The lowest BCUT2D eigenvalue weighted by atomic mass is 10.0. The zero-order valence-corrected chi connectivity index (χ0v) is 12.9. The Kier molecular flexibility index (Phi) is 4.16. The van der Waals surface area contributed by atoms with Crippen LogP contribution in [0.3, 0.4) is 0 Å². The van der Waals surface area contributed by atoms with Crippen LogP contribution in [-0.2, 0) is 11.2 Å². The van der Waals surface area contributed by atoms with Crippen LogP contribution in [0.2, 0.25) is 0 Å². The number of nitrogens with zero attached hydrogens (tertiary/aromatic N) is 1. The summed E-state index contributed by atoms with van der Waals surface area (Å²) in [6, 6.07) is -0.475. The molecule has 0 unspecified atom stereocenters. The molecule has 1 aromatic heterocycles. The molecule has 1 aromatic rings. The van der Waals surface area contributed by atoms with E-state index in [-0.39, 0.29) is 17.6 Å². The van der Waals surface area contributed by atoms with Crippen molar-refractivity contribution in [1.82, 2.24) is 15.2 Å². The molecule has 2 N–H and O–H groups in total. The molecule has 114 valence electrons. The van der Waals surface area contributed by atoms with E-state index >= 15 is 0 Å². The Hall–Kier alpha value is -2.11. The molecule has 1 saturated heterocycles. The first-order valence-electron chi connectivity index (χ1n) is 7.15.